The molecule has 4 rings (SSSR count). The van der Waals surface area contributed by atoms with Gasteiger partial charge in [0, 0.05) is 18.7 Å². The lowest BCUT2D eigenvalue weighted by molar-refractivity contribution is -0.116. The first-order valence-corrected chi connectivity index (χ1v) is 12.4. The van der Waals surface area contributed by atoms with Crippen molar-refractivity contribution in [3.63, 3.8) is 0 Å². The number of nitrogens with one attached hydrogen (secondary N) is 2. The first-order valence-electron chi connectivity index (χ1n) is 11.6. The maximum Gasteiger partial charge on any atom is 0.495 e. The Kier molecular flexibility index (Phi) is 6.72. The van der Waals surface area contributed by atoms with E-state index in [-0.39, 0.29) is 17.6 Å². The summed E-state index contributed by atoms with van der Waals surface area (Å²) in [7, 11) is 3.15. The summed E-state index contributed by atoms with van der Waals surface area (Å²) in [5.41, 5.74) is 0.555. The SMILES string of the molecule is CC(=O)Nc1cc(B2OC(C)(C)C(C)(C)O2)cc2c1C(=N)N(C(C)=O)c1ccc(SN(C)C)cc1O2. The second kappa shape index (κ2) is 9.22. The van der Waals surface area contributed by atoms with Gasteiger partial charge in [0.15, 0.2) is 5.75 Å². The summed E-state index contributed by atoms with van der Waals surface area (Å²) in [4.78, 5) is 27.1. The van der Waals surface area contributed by atoms with Crippen molar-refractivity contribution >= 4 is 53.6 Å². The number of carbonyl (C=O) groups is 2. The van der Waals surface area contributed by atoms with E-state index in [1.54, 1.807) is 18.2 Å². The minimum Gasteiger partial charge on any atom is -0.454 e. The van der Waals surface area contributed by atoms with E-state index in [2.05, 4.69) is 5.32 Å². The fourth-order valence-corrected chi connectivity index (χ4v) is 4.78. The summed E-state index contributed by atoms with van der Waals surface area (Å²) in [5.74, 6) is -0.0479. The van der Waals surface area contributed by atoms with Crippen LogP contribution in [0.3, 0.4) is 0 Å². The van der Waals surface area contributed by atoms with Gasteiger partial charge in [0.1, 0.15) is 11.6 Å². The van der Waals surface area contributed by atoms with Crippen LogP contribution in [0.1, 0.15) is 47.1 Å². The van der Waals surface area contributed by atoms with Crippen molar-refractivity contribution in [2.75, 3.05) is 24.3 Å². The molecule has 2 aliphatic rings. The molecule has 0 saturated carbocycles. The molecular weight excluding hydrogens is 479 g/mol. The Morgan fingerprint density at radius 1 is 1.03 bits per heavy atom. The lowest BCUT2D eigenvalue weighted by atomic mass is 9.78. The number of amides is 2. The molecular formula is C25H31BN4O5S. The van der Waals surface area contributed by atoms with Crippen LogP contribution in [0.25, 0.3) is 0 Å². The highest BCUT2D eigenvalue weighted by atomic mass is 32.2. The van der Waals surface area contributed by atoms with E-state index in [0.29, 0.717) is 33.9 Å². The lowest BCUT2D eigenvalue weighted by Crippen LogP contribution is -2.41. The van der Waals surface area contributed by atoms with Crippen molar-refractivity contribution in [3.05, 3.63) is 35.9 Å². The molecule has 2 aromatic carbocycles. The Hall–Kier alpha value is -2.86. The average molecular weight is 510 g/mol. The number of rotatable bonds is 4. The van der Waals surface area contributed by atoms with Crippen molar-refractivity contribution in [1.29, 1.82) is 5.41 Å². The number of fused-ring (bicyclic) bond motifs is 2. The third-order valence-electron chi connectivity index (χ3n) is 6.42. The third kappa shape index (κ3) is 4.76. The van der Waals surface area contributed by atoms with Crippen molar-refractivity contribution in [2.24, 2.45) is 0 Å². The van der Waals surface area contributed by atoms with Crippen molar-refractivity contribution in [3.8, 4) is 11.5 Å². The molecule has 0 bridgehead atoms. The molecule has 0 aliphatic carbocycles. The fraction of sp³-hybridized carbons (Fsp3) is 0.400. The smallest absolute Gasteiger partial charge is 0.454 e. The molecule has 1 saturated heterocycles. The molecule has 2 amide bonds. The van der Waals surface area contributed by atoms with Gasteiger partial charge in [0.2, 0.25) is 11.8 Å². The van der Waals surface area contributed by atoms with Crippen LogP contribution in [0.15, 0.2) is 35.2 Å². The van der Waals surface area contributed by atoms with Crippen LogP contribution in [0.4, 0.5) is 11.4 Å². The van der Waals surface area contributed by atoms with E-state index in [1.807, 2.05) is 58.2 Å². The second-order valence-electron chi connectivity index (χ2n) is 10.0. The predicted octanol–water partition coefficient (Wildman–Crippen LogP) is 4.00. The fourth-order valence-electron chi connectivity index (χ4n) is 4.07. The Balaban J connectivity index is 1.91. The van der Waals surface area contributed by atoms with Gasteiger partial charge in [-0.3, -0.25) is 24.2 Å². The zero-order chi connectivity index (χ0) is 26.6. The average Bonchev–Trinajstić information content (AvgIpc) is 2.87. The van der Waals surface area contributed by atoms with E-state index >= 15 is 0 Å². The minimum atomic E-state index is -0.715. The van der Waals surface area contributed by atoms with Crippen LogP contribution in [-0.4, -0.2) is 54.4 Å². The Morgan fingerprint density at radius 2 is 1.67 bits per heavy atom. The van der Waals surface area contributed by atoms with Crippen LogP contribution < -0.4 is 20.4 Å². The molecule has 2 aromatic rings. The Morgan fingerprint density at radius 3 is 2.22 bits per heavy atom. The number of carbonyl (C=O) groups excluding carboxylic acids is 2. The largest absolute Gasteiger partial charge is 0.495 e. The maximum atomic E-state index is 12.7. The number of anilines is 2. The third-order valence-corrected chi connectivity index (χ3v) is 7.25. The van der Waals surface area contributed by atoms with Gasteiger partial charge in [-0.2, -0.15) is 0 Å². The lowest BCUT2D eigenvalue weighted by Gasteiger charge is -2.32. The number of hydrogen-bond donors (Lipinski definition) is 2. The van der Waals surface area contributed by atoms with Crippen LogP contribution in [0.2, 0.25) is 0 Å². The van der Waals surface area contributed by atoms with Crippen LogP contribution in [-0.2, 0) is 18.9 Å². The highest BCUT2D eigenvalue weighted by Crippen LogP contribution is 2.44. The van der Waals surface area contributed by atoms with E-state index in [9.17, 15) is 9.59 Å². The van der Waals surface area contributed by atoms with Gasteiger partial charge in [-0.05, 0) is 89.5 Å². The molecule has 11 heteroatoms. The van der Waals surface area contributed by atoms with Crippen molar-refractivity contribution < 1.29 is 23.6 Å². The molecule has 2 aliphatic heterocycles. The van der Waals surface area contributed by atoms with Gasteiger partial charge in [-0.15, -0.1) is 0 Å². The summed E-state index contributed by atoms with van der Waals surface area (Å²) < 4.78 is 20.8. The molecule has 2 N–H and O–H groups in total. The monoisotopic (exact) mass is 510 g/mol. The molecule has 36 heavy (non-hydrogen) atoms. The van der Waals surface area contributed by atoms with Crippen molar-refractivity contribution in [1.82, 2.24) is 4.31 Å². The van der Waals surface area contributed by atoms with Crippen LogP contribution >= 0.6 is 11.9 Å². The van der Waals surface area contributed by atoms with Gasteiger partial charge in [0.25, 0.3) is 0 Å². The molecule has 0 spiro atoms. The molecule has 2 heterocycles. The Bertz CT molecular complexity index is 1250. The number of amidine groups is 1. The summed E-state index contributed by atoms with van der Waals surface area (Å²) in [6.07, 6.45) is 0. The molecule has 190 valence electrons. The summed E-state index contributed by atoms with van der Waals surface area (Å²) >= 11 is 1.50. The molecule has 0 aromatic heterocycles. The highest BCUT2D eigenvalue weighted by Gasteiger charge is 2.52. The first kappa shape index (κ1) is 26.2. The molecule has 9 nitrogen and oxygen atoms in total. The second-order valence-corrected chi connectivity index (χ2v) is 11.4. The number of benzene rings is 2. The standard InChI is InChI=1S/C25H31BN4O5S/c1-14(31)28-18-11-16(26-34-24(3,4)25(5,6)35-26)12-21-22(18)23(27)30(15(2)32)19-10-9-17(36-29(7)8)13-20(19)33-21/h9-13,27H,1-8H3,(H,28,31). The van der Waals surface area contributed by atoms with E-state index in [1.165, 1.54) is 30.7 Å². The van der Waals surface area contributed by atoms with E-state index in [4.69, 9.17) is 19.5 Å². The van der Waals surface area contributed by atoms with E-state index in [0.717, 1.165) is 4.90 Å². The number of ether oxygens (including phenoxy) is 1. The van der Waals surface area contributed by atoms with Gasteiger partial charge >= 0.3 is 7.12 Å². The zero-order valence-electron chi connectivity index (χ0n) is 21.8. The minimum absolute atomic E-state index is 0.103. The number of hydrogen-bond acceptors (Lipinski definition) is 8. The van der Waals surface area contributed by atoms with Gasteiger partial charge in [0.05, 0.1) is 28.1 Å². The van der Waals surface area contributed by atoms with Gasteiger partial charge in [-0.25, -0.2) is 0 Å². The summed E-state index contributed by atoms with van der Waals surface area (Å²) in [6.45, 7) is 10.6. The number of nitrogens with zero attached hydrogens (tertiary/aromatic N) is 2. The zero-order valence-corrected chi connectivity index (χ0v) is 22.6. The molecule has 0 unspecified atom stereocenters. The van der Waals surface area contributed by atoms with E-state index < -0.39 is 18.3 Å². The van der Waals surface area contributed by atoms with Crippen LogP contribution in [0.5, 0.6) is 11.5 Å². The van der Waals surface area contributed by atoms with Crippen LogP contribution in [0, 0.1) is 5.41 Å². The Labute approximate surface area is 216 Å². The van der Waals surface area contributed by atoms with Crippen molar-refractivity contribution in [2.45, 2.75) is 57.6 Å². The molecule has 1 fully saturated rings. The van der Waals surface area contributed by atoms with Gasteiger partial charge in [-0.1, -0.05) is 0 Å². The summed E-state index contributed by atoms with van der Waals surface area (Å²) in [6, 6.07) is 8.92. The van der Waals surface area contributed by atoms with Gasteiger partial charge < -0.3 is 19.4 Å². The normalized spacial score (nSPS) is 17.9. The highest BCUT2D eigenvalue weighted by molar-refractivity contribution is 7.97. The molecule has 0 atom stereocenters. The maximum absolute atomic E-state index is 12.7. The molecule has 0 radical (unpaired) electrons. The first-order chi connectivity index (χ1) is 16.7. The predicted molar refractivity (Wildman–Crippen MR) is 143 cm³/mol. The summed E-state index contributed by atoms with van der Waals surface area (Å²) in [5, 5.41) is 11.8. The topological polar surface area (TPSA) is 104 Å². The quantitative estimate of drug-likeness (QED) is 0.474.